The summed E-state index contributed by atoms with van der Waals surface area (Å²) in [5, 5.41) is 7.99. The first-order valence-corrected chi connectivity index (χ1v) is 11.2. The molecule has 0 unspecified atom stereocenters. The second-order valence-electron chi connectivity index (χ2n) is 7.84. The van der Waals surface area contributed by atoms with E-state index in [9.17, 15) is 22.8 Å². The Morgan fingerprint density at radius 2 is 1.50 bits per heavy atom. The fourth-order valence-corrected chi connectivity index (χ4v) is 3.16. The Morgan fingerprint density at radius 1 is 0.861 bits per heavy atom. The molecule has 190 valence electrons. The van der Waals surface area contributed by atoms with Gasteiger partial charge in [-0.25, -0.2) is 4.79 Å². The fourth-order valence-electron chi connectivity index (χ4n) is 3.16. The van der Waals surface area contributed by atoms with Crippen LogP contribution in [0.4, 0.5) is 29.3 Å². The van der Waals surface area contributed by atoms with E-state index in [4.69, 9.17) is 4.74 Å². The number of urea groups is 1. The van der Waals surface area contributed by atoms with Gasteiger partial charge in [0.25, 0.3) is 0 Å². The third-order valence-electron chi connectivity index (χ3n) is 4.94. The summed E-state index contributed by atoms with van der Waals surface area (Å²) < 4.78 is 46.1. The van der Waals surface area contributed by atoms with E-state index in [1.165, 1.54) is 12.1 Å². The van der Waals surface area contributed by atoms with Gasteiger partial charge in [-0.2, -0.15) is 0 Å². The van der Waals surface area contributed by atoms with Gasteiger partial charge >= 0.3 is 12.4 Å². The molecule has 0 saturated heterocycles. The van der Waals surface area contributed by atoms with Crippen LogP contribution in [-0.2, 0) is 11.3 Å². The highest BCUT2D eigenvalue weighted by atomic mass is 19.4. The zero-order valence-electron chi connectivity index (χ0n) is 19.5. The van der Waals surface area contributed by atoms with Crippen molar-refractivity contribution in [2.75, 3.05) is 17.2 Å². The minimum absolute atomic E-state index is 0.125. The Bertz CT molecular complexity index is 1150. The number of halogens is 3. The van der Waals surface area contributed by atoms with Crippen LogP contribution in [0.3, 0.4) is 0 Å². The van der Waals surface area contributed by atoms with Gasteiger partial charge in [-0.1, -0.05) is 30.3 Å². The molecular weight excluding hydrogens is 475 g/mol. The SMILES string of the molecule is Cc1ccccc1OCCCC(=O)Nc1ccc(CNC(=O)Nc2ccc(OC(F)(F)F)cc2)cc1. The van der Waals surface area contributed by atoms with Crippen molar-refractivity contribution in [3.63, 3.8) is 0 Å². The minimum atomic E-state index is -4.78. The molecule has 7 nitrogen and oxygen atoms in total. The Hall–Kier alpha value is -4.21. The number of ether oxygens (including phenoxy) is 2. The van der Waals surface area contributed by atoms with Crippen molar-refractivity contribution in [1.82, 2.24) is 5.32 Å². The normalized spacial score (nSPS) is 10.9. The lowest BCUT2D eigenvalue weighted by Crippen LogP contribution is -2.28. The van der Waals surface area contributed by atoms with Crippen molar-refractivity contribution in [3.8, 4) is 11.5 Å². The maximum Gasteiger partial charge on any atom is 0.573 e. The van der Waals surface area contributed by atoms with E-state index in [2.05, 4.69) is 20.7 Å². The van der Waals surface area contributed by atoms with Gasteiger partial charge < -0.3 is 25.4 Å². The van der Waals surface area contributed by atoms with Gasteiger partial charge in [-0.3, -0.25) is 4.79 Å². The molecule has 3 N–H and O–H groups in total. The van der Waals surface area contributed by atoms with Gasteiger partial charge in [-0.15, -0.1) is 13.2 Å². The van der Waals surface area contributed by atoms with Gasteiger partial charge in [0.15, 0.2) is 0 Å². The monoisotopic (exact) mass is 501 g/mol. The first-order chi connectivity index (χ1) is 17.2. The van der Waals surface area contributed by atoms with Crippen LogP contribution in [0.1, 0.15) is 24.0 Å². The van der Waals surface area contributed by atoms with Crippen LogP contribution >= 0.6 is 0 Å². The Morgan fingerprint density at radius 3 is 2.17 bits per heavy atom. The quantitative estimate of drug-likeness (QED) is 0.297. The smallest absolute Gasteiger partial charge is 0.493 e. The summed E-state index contributed by atoms with van der Waals surface area (Å²) in [6.07, 6.45) is -3.88. The number of aryl methyl sites for hydroxylation is 1. The van der Waals surface area contributed by atoms with Gasteiger partial charge in [0.05, 0.1) is 6.61 Å². The number of benzene rings is 3. The Kier molecular flexibility index (Phi) is 9.15. The third kappa shape index (κ3) is 9.21. The number of carbonyl (C=O) groups is 2. The molecule has 0 aromatic heterocycles. The maximum atomic E-state index is 12.2. The molecule has 0 fully saturated rings. The predicted molar refractivity (Wildman–Crippen MR) is 130 cm³/mol. The molecule has 0 aliphatic rings. The number of hydrogen-bond acceptors (Lipinski definition) is 4. The van der Waals surface area contributed by atoms with Crippen LogP contribution in [0.25, 0.3) is 0 Å². The lowest BCUT2D eigenvalue weighted by atomic mass is 10.2. The molecular formula is C26H26F3N3O4. The average molecular weight is 502 g/mol. The summed E-state index contributed by atoms with van der Waals surface area (Å²) in [6, 6.07) is 19.0. The summed E-state index contributed by atoms with van der Waals surface area (Å²) in [4.78, 5) is 24.2. The Balaban J connectivity index is 1.35. The van der Waals surface area contributed by atoms with E-state index < -0.39 is 12.4 Å². The number of amides is 3. The summed E-state index contributed by atoms with van der Waals surface area (Å²) in [7, 11) is 0. The molecule has 0 radical (unpaired) electrons. The maximum absolute atomic E-state index is 12.2. The zero-order chi connectivity index (χ0) is 26.0. The second kappa shape index (κ2) is 12.5. The number of para-hydroxylation sites is 1. The highest BCUT2D eigenvalue weighted by molar-refractivity contribution is 5.91. The molecule has 10 heteroatoms. The number of alkyl halides is 3. The van der Waals surface area contributed by atoms with Crippen LogP contribution in [0, 0.1) is 6.92 Å². The molecule has 0 aliphatic carbocycles. The molecule has 0 heterocycles. The molecule has 3 rings (SSSR count). The molecule has 0 spiro atoms. The summed E-state index contributed by atoms with van der Waals surface area (Å²) in [5.74, 6) is 0.306. The van der Waals surface area contributed by atoms with Crippen LogP contribution < -0.4 is 25.4 Å². The molecule has 0 atom stereocenters. The van der Waals surface area contributed by atoms with Crippen LogP contribution in [-0.4, -0.2) is 24.9 Å². The third-order valence-corrected chi connectivity index (χ3v) is 4.94. The summed E-state index contributed by atoms with van der Waals surface area (Å²) >= 11 is 0. The number of rotatable bonds is 10. The summed E-state index contributed by atoms with van der Waals surface area (Å²) in [5.41, 5.74) is 2.78. The fraction of sp³-hybridized carbons (Fsp3) is 0.231. The van der Waals surface area contributed by atoms with Crippen LogP contribution in [0.15, 0.2) is 72.8 Å². The first-order valence-electron chi connectivity index (χ1n) is 11.2. The van der Waals surface area contributed by atoms with Gasteiger partial charge in [0, 0.05) is 24.3 Å². The van der Waals surface area contributed by atoms with Crippen molar-refractivity contribution < 1.29 is 32.2 Å². The van der Waals surface area contributed by atoms with Crippen molar-refractivity contribution in [3.05, 3.63) is 83.9 Å². The molecule has 3 amide bonds. The van der Waals surface area contributed by atoms with Crippen molar-refractivity contribution in [2.45, 2.75) is 32.7 Å². The number of hydrogen-bond donors (Lipinski definition) is 3. The number of nitrogens with one attached hydrogen (secondary N) is 3. The van der Waals surface area contributed by atoms with E-state index in [1.54, 1.807) is 24.3 Å². The zero-order valence-corrected chi connectivity index (χ0v) is 19.5. The lowest BCUT2D eigenvalue weighted by Gasteiger charge is -2.11. The van der Waals surface area contributed by atoms with Gasteiger partial charge in [-0.05, 0) is 66.9 Å². The standard InChI is InChI=1S/C26H26F3N3O4/c1-18-5-2-3-6-23(18)35-16-4-7-24(33)31-20-10-8-19(9-11-20)17-30-25(34)32-21-12-14-22(15-13-21)36-26(27,28)29/h2-3,5-6,8-15H,4,7,16-17H2,1H3,(H,31,33)(H2,30,32,34). The second-order valence-corrected chi connectivity index (χ2v) is 7.84. The highest BCUT2D eigenvalue weighted by Gasteiger charge is 2.30. The average Bonchev–Trinajstić information content (AvgIpc) is 2.83. The molecule has 0 aliphatic heterocycles. The number of anilines is 2. The number of carbonyl (C=O) groups excluding carboxylic acids is 2. The topological polar surface area (TPSA) is 88.7 Å². The van der Waals surface area contributed by atoms with Crippen molar-refractivity contribution >= 4 is 23.3 Å². The summed E-state index contributed by atoms with van der Waals surface area (Å²) in [6.45, 7) is 2.62. The largest absolute Gasteiger partial charge is 0.573 e. The molecule has 0 saturated carbocycles. The van der Waals surface area contributed by atoms with Gasteiger partial charge in [0.1, 0.15) is 11.5 Å². The van der Waals surface area contributed by atoms with E-state index >= 15 is 0 Å². The Labute approximate surface area is 206 Å². The van der Waals surface area contributed by atoms with E-state index in [0.29, 0.717) is 30.8 Å². The molecule has 3 aromatic carbocycles. The molecule has 0 bridgehead atoms. The van der Waals surface area contributed by atoms with Gasteiger partial charge in [0.2, 0.25) is 5.91 Å². The van der Waals surface area contributed by atoms with Crippen molar-refractivity contribution in [2.24, 2.45) is 0 Å². The molecule has 36 heavy (non-hydrogen) atoms. The first kappa shape index (κ1) is 26.4. The van der Waals surface area contributed by atoms with E-state index in [-0.39, 0.29) is 18.2 Å². The van der Waals surface area contributed by atoms with E-state index in [1.807, 2.05) is 31.2 Å². The lowest BCUT2D eigenvalue weighted by molar-refractivity contribution is -0.274. The van der Waals surface area contributed by atoms with Crippen molar-refractivity contribution in [1.29, 1.82) is 0 Å². The van der Waals surface area contributed by atoms with Crippen LogP contribution in [0.5, 0.6) is 11.5 Å². The van der Waals surface area contributed by atoms with E-state index in [0.717, 1.165) is 29.0 Å². The molecule has 3 aromatic rings. The minimum Gasteiger partial charge on any atom is -0.493 e. The highest BCUT2D eigenvalue weighted by Crippen LogP contribution is 2.24. The predicted octanol–water partition coefficient (Wildman–Crippen LogP) is 6.01. The van der Waals surface area contributed by atoms with Crippen LogP contribution in [0.2, 0.25) is 0 Å².